The minimum Gasteiger partial charge on any atom is -0.425 e. The smallest absolute Gasteiger partial charge is 0.332 e. The Balaban J connectivity index is 1.87. The maximum absolute atomic E-state index is 13.1. The van der Waals surface area contributed by atoms with Crippen molar-refractivity contribution in [1.29, 1.82) is 0 Å². The summed E-state index contributed by atoms with van der Waals surface area (Å²) in [6.45, 7) is 6.25. The van der Waals surface area contributed by atoms with E-state index in [1.165, 1.54) is 11.6 Å². The molecule has 9 heteroatoms. The minimum absolute atomic E-state index is 0.231. The molecule has 0 aliphatic carbocycles. The van der Waals surface area contributed by atoms with Gasteiger partial charge in [-0.1, -0.05) is 29.8 Å². The molecule has 33 heavy (non-hydrogen) atoms. The topological polar surface area (TPSA) is 74.3 Å². The van der Waals surface area contributed by atoms with Crippen molar-refractivity contribution in [1.82, 2.24) is 18.7 Å². The number of benzene rings is 2. The van der Waals surface area contributed by atoms with E-state index >= 15 is 0 Å². The summed E-state index contributed by atoms with van der Waals surface area (Å²) < 4.78 is 10.3. The van der Waals surface area contributed by atoms with Gasteiger partial charge in [-0.2, -0.15) is 4.98 Å². The van der Waals surface area contributed by atoms with Gasteiger partial charge in [0.05, 0.1) is 6.54 Å². The largest absolute Gasteiger partial charge is 0.425 e. The number of anilines is 1. The highest BCUT2D eigenvalue weighted by Gasteiger charge is 2.21. The summed E-state index contributed by atoms with van der Waals surface area (Å²) in [6, 6.07) is 15.3. The number of nitrogens with zero attached hydrogens (tertiary/aromatic N) is 5. The molecule has 0 fully saturated rings. The van der Waals surface area contributed by atoms with Gasteiger partial charge in [0.15, 0.2) is 11.2 Å². The predicted octanol–water partition coefficient (Wildman–Crippen LogP) is 3.77. The number of imidazole rings is 1. The quantitative estimate of drug-likeness (QED) is 0.413. The lowest BCUT2D eigenvalue weighted by Crippen LogP contribution is -2.37. The van der Waals surface area contributed by atoms with Gasteiger partial charge in [-0.05, 0) is 43.7 Å². The molecule has 0 saturated carbocycles. The molecule has 4 aromatic rings. The Morgan fingerprint density at radius 2 is 1.70 bits per heavy atom. The van der Waals surface area contributed by atoms with E-state index in [1.807, 2.05) is 36.4 Å². The summed E-state index contributed by atoms with van der Waals surface area (Å²) in [5.41, 5.74) is 1.63. The molecule has 2 aromatic heterocycles. The van der Waals surface area contributed by atoms with Gasteiger partial charge < -0.3 is 9.64 Å². The van der Waals surface area contributed by atoms with Gasteiger partial charge in [-0.3, -0.25) is 18.5 Å². The first kappa shape index (κ1) is 22.7. The SMILES string of the molecule is CCN(CC)c1cccc(Oc2nc3c(c(=O)n(C)c(=O)n3C)n2Cc2ccc(Cl)cc2)c1. The Bertz CT molecular complexity index is 1420. The van der Waals surface area contributed by atoms with E-state index in [0.29, 0.717) is 22.8 Å². The number of ether oxygens (including phenoxy) is 1. The lowest BCUT2D eigenvalue weighted by Gasteiger charge is -2.21. The standard InChI is InChI=1S/C24H26ClN5O3/c1-5-29(6-2)18-8-7-9-19(14-18)33-23-26-21-20(22(31)28(4)24(32)27(21)3)30(23)15-16-10-12-17(25)13-11-16/h7-14H,5-6,15H2,1-4H3. The van der Waals surface area contributed by atoms with Crippen LogP contribution in [0.4, 0.5) is 5.69 Å². The third-order valence-electron chi connectivity index (χ3n) is 5.72. The fourth-order valence-corrected chi connectivity index (χ4v) is 3.99. The molecular formula is C24H26ClN5O3. The molecule has 0 unspecified atom stereocenters. The van der Waals surface area contributed by atoms with E-state index in [-0.39, 0.29) is 11.7 Å². The van der Waals surface area contributed by atoms with Gasteiger partial charge in [-0.15, -0.1) is 0 Å². The van der Waals surface area contributed by atoms with E-state index in [0.717, 1.165) is 28.9 Å². The van der Waals surface area contributed by atoms with Gasteiger partial charge >= 0.3 is 11.7 Å². The zero-order valence-corrected chi connectivity index (χ0v) is 19.8. The molecule has 0 amide bonds. The Morgan fingerprint density at radius 3 is 2.36 bits per heavy atom. The molecule has 0 spiro atoms. The monoisotopic (exact) mass is 467 g/mol. The molecule has 0 bridgehead atoms. The van der Waals surface area contributed by atoms with Crippen LogP contribution in [0.25, 0.3) is 11.2 Å². The molecule has 0 atom stereocenters. The summed E-state index contributed by atoms with van der Waals surface area (Å²) in [5, 5.41) is 0.622. The Labute approximate surface area is 196 Å². The fraction of sp³-hybridized carbons (Fsp3) is 0.292. The van der Waals surface area contributed by atoms with Crippen LogP contribution in [-0.4, -0.2) is 31.8 Å². The van der Waals surface area contributed by atoms with Crippen molar-refractivity contribution in [3.8, 4) is 11.8 Å². The van der Waals surface area contributed by atoms with Crippen molar-refractivity contribution in [3.05, 3.63) is 80.0 Å². The van der Waals surface area contributed by atoms with Crippen LogP contribution >= 0.6 is 11.6 Å². The Hall–Kier alpha value is -3.52. The lowest BCUT2D eigenvalue weighted by molar-refractivity contribution is 0.421. The molecule has 0 N–H and O–H groups in total. The molecule has 2 aromatic carbocycles. The van der Waals surface area contributed by atoms with Crippen LogP contribution in [0, 0.1) is 0 Å². The zero-order valence-electron chi connectivity index (χ0n) is 19.1. The normalized spacial score (nSPS) is 11.2. The third kappa shape index (κ3) is 4.26. The van der Waals surface area contributed by atoms with Crippen LogP contribution in [0.2, 0.25) is 5.02 Å². The first-order valence-electron chi connectivity index (χ1n) is 10.8. The van der Waals surface area contributed by atoms with E-state index in [9.17, 15) is 9.59 Å². The lowest BCUT2D eigenvalue weighted by atomic mass is 10.2. The number of rotatable bonds is 7. The van der Waals surface area contributed by atoms with Crippen LogP contribution in [0.1, 0.15) is 19.4 Å². The fourth-order valence-electron chi connectivity index (χ4n) is 3.86. The van der Waals surface area contributed by atoms with Gasteiger partial charge in [0.25, 0.3) is 5.56 Å². The van der Waals surface area contributed by atoms with Crippen LogP contribution in [0.15, 0.2) is 58.1 Å². The summed E-state index contributed by atoms with van der Waals surface area (Å²) >= 11 is 6.04. The van der Waals surface area contributed by atoms with Crippen molar-refractivity contribution in [3.63, 3.8) is 0 Å². The molecule has 0 radical (unpaired) electrons. The summed E-state index contributed by atoms with van der Waals surface area (Å²) in [6.07, 6.45) is 0. The molecule has 4 rings (SSSR count). The van der Waals surface area contributed by atoms with Crippen LogP contribution in [0.3, 0.4) is 0 Å². The average Bonchev–Trinajstić information content (AvgIpc) is 3.16. The molecular weight excluding hydrogens is 442 g/mol. The van der Waals surface area contributed by atoms with Gasteiger partial charge in [0.1, 0.15) is 5.75 Å². The molecule has 2 heterocycles. The zero-order chi connectivity index (χ0) is 23.7. The van der Waals surface area contributed by atoms with Gasteiger partial charge in [-0.25, -0.2) is 4.79 Å². The maximum Gasteiger partial charge on any atom is 0.332 e. The number of aromatic nitrogens is 4. The minimum atomic E-state index is -0.446. The number of hydrogen-bond donors (Lipinski definition) is 0. The summed E-state index contributed by atoms with van der Waals surface area (Å²) in [4.78, 5) is 32.3. The highest BCUT2D eigenvalue weighted by molar-refractivity contribution is 6.30. The maximum atomic E-state index is 13.1. The van der Waals surface area contributed by atoms with E-state index < -0.39 is 11.2 Å². The van der Waals surface area contributed by atoms with Crippen molar-refractivity contribution < 1.29 is 4.74 Å². The van der Waals surface area contributed by atoms with Crippen LogP contribution in [-0.2, 0) is 20.6 Å². The second-order valence-electron chi connectivity index (χ2n) is 7.76. The summed E-state index contributed by atoms with van der Waals surface area (Å²) in [5.74, 6) is 0.592. The third-order valence-corrected chi connectivity index (χ3v) is 5.97. The highest BCUT2D eigenvalue weighted by Crippen LogP contribution is 2.28. The first-order chi connectivity index (χ1) is 15.8. The number of fused-ring (bicyclic) bond motifs is 1. The molecule has 0 aliphatic heterocycles. The van der Waals surface area contributed by atoms with Gasteiger partial charge in [0, 0.05) is 44.0 Å². The molecule has 172 valence electrons. The number of aryl methyl sites for hydroxylation is 1. The van der Waals surface area contributed by atoms with E-state index in [1.54, 1.807) is 23.7 Å². The molecule has 0 aliphatic rings. The van der Waals surface area contributed by atoms with Crippen molar-refractivity contribution >= 4 is 28.5 Å². The first-order valence-corrected chi connectivity index (χ1v) is 11.1. The van der Waals surface area contributed by atoms with Crippen molar-refractivity contribution in [2.45, 2.75) is 20.4 Å². The van der Waals surface area contributed by atoms with E-state index in [2.05, 4.69) is 23.7 Å². The van der Waals surface area contributed by atoms with Crippen LogP contribution in [0.5, 0.6) is 11.8 Å². The second-order valence-corrected chi connectivity index (χ2v) is 8.19. The van der Waals surface area contributed by atoms with Crippen molar-refractivity contribution in [2.75, 3.05) is 18.0 Å². The van der Waals surface area contributed by atoms with Crippen LogP contribution < -0.4 is 20.9 Å². The predicted molar refractivity (Wildman–Crippen MR) is 131 cm³/mol. The van der Waals surface area contributed by atoms with E-state index in [4.69, 9.17) is 16.3 Å². The Morgan fingerprint density at radius 1 is 1.00 bits per heavy atom. The number of hydrogen-bond acceptors (Lipinski definition) is 5. The van der Waals surface area contributed by atoms with Gasteiger partial charge in [0.2, 0.25) is 0 Å². The molecule has 0 saturated heterocycles. The second kappa shape index (κ2) is 9.15. The Kier molecular flexibility index (Phi) is 6.29. The molecule has 8 nitrogen and oxygen atoms in total. The number of halogens is 1. The highest BCUT2D eigenvalue weighted by atomic mass is 35.5. The average molecular weight is 468 g/mol. The summed E-state index contributed by atoms with van der Waals surface area (Å²) in [7, 11) is 3.05. The van der Waals surface area contributed by atoms with Crippen molar-refractivity contribution in [2.24, 2.45) is 14.1 Å².